The Morgan fingerprint density at radius 2 is 1.78 bits per heavy atom. The highest BCUT2D eigenvalue weighted by Gasteiger charge is 2.23. The fraction of sp³-hybridized carbons (Fsp3) is 0.258. The quantitative estimate of drug-likeness (QED) is 0.331. The van der Waals surface area contributed by atoms with Crippen molar-refractivity contribution in [2.45, 2.75) is 25.7 Å². The maximum atomic E-state index is 12.7. The summed E-state index contributed by atoms with van der Waals surface area (Å²) >= 11 is 12.9. The second-order valence-electron chi connectivity index (χ2n) is 9.39. The molecule has 6 heteroatoms. The number of carbonyl (C=O) groups is 1. The molecule has 1 saturated heterocycles. The Kier molecular flexibility index (Phi) is 7.04. The van der Waals surface area contributed by atoms with Crippen molar-refractivity contribution in [3.05, 3.63) is 110 Å². The minimum atomic E-state index is -1.63. The maximum Gasteiger partial charge on any atom is 0.335 e. The van der Waals surface area contributed by atoms with Gasteiger partial charge in [-0.25, -0.2) is 4.79 Å². The summed E-state index contributed by atoms with van der Waals surface area (Å²) in [5.74, 6) is -0.946. The predicted molar refractivity (Wildman–Crippen MR) is 150 cm³/mol. The van der Waals surface area contributed by atoms with Crippen LogP contribution in [0, 0.1) is 0 Å². The van der Waals surface area contributed by atoms with Gasteiger partial charge in [0, 0.05) is 32.4 Å². The van der Waals surface area contributed by atoms with Crippen molar-refractivity contribution in [1.82, 2.24) is 4.90 Å². The molecule has 0 atom stereocenters. The van der Waals surface area contributed by atoms with Crippen molar-refractivity contribution in [2.75, 3.05) is 26.3 Å². The van der Waals surface area contributed by atoms with Gasteiger partial charge in [0.2, 0.25) is 0 Å². The number of hydrogen-bond donors (Lipinski definition) is 1. The maximum absolute atomic E-state index is 12.7. The van der Waals surface area contributed by atoms with Gasteiger partial charge in [-0.05, 0) is 94.5 Å². The molecule has 37 heavy (non-hydrogen) atoms. The molecule has 0 amide bonds. The SMILES string of the molecule is [2H]C([2H])(CCF)N1CC(=Cc2ccc(C3=C(c4ccc(Cl)cc4Cl)CCCc4cc(C(=O)O)ccc43)cc2)C1. The number of aryl methyl sites for hydroxylation is 1. The molecule has 1 heterocycles. The van der Waals surface area contributed by atoms with Crippen molar-refractivity contribution in [1.29, 1.82) is 0 Å². The predicted octanol–water partition coefficient (Wildman–Crippen LogP) is 8.05. The van der Waals surface area contributed by atoms with Gasteiger partial charge in [0.1, 0.15) is 0 Å². The van der Waals surface area contributed by atoms with E-state index in [9.17, 15) is 14.3 Å². The average Bonchev–Trinajstić information content (AvgIpc) is 3.05. The minimum Gasteiger partial charge on any atom is -0.478 e. The lowest BCUT2D eigenvalue weighted by Gasteiger charge is -2.33. The molecule has 2 aliphatic rings. The number of carboxylic acid groups (broad SMARTS) is 1. The van der Waals surface area contributed by atoms with E-state index in [-0.39, 0.29) is 12.0 Å². The van der Waals surface area contributed by atoms with Gasteiger partial charge in [-0.1, -0.05) is 65.7 Å². The largest absolute Gasteiger partial charge is 0.478 e. The summed E-state index contributed by atoms with van der Waals surface area (Å²) in [5, 5.41) is 10.7. The number of allylic oxidation sites excluding steroid dienone is 1. The van der Waals surface area contributed by atoms with Gasteiger partial charge in [-0.3, -0.25) is 9.29 Å². The highest BCUT2D eigenvalue weighted by atomic mass is 35.5. The highest BCUT2D eigenvalue weighted by Crippen LogP contribution is 2.42. The molecule has 1 aliphatic carbocycles. The van der Waals surface area contributed by atoms with Gasteiger partial charge in [0.25, 0.3) is 0 Å². The van der Waals surface area contributed by atoms with E-state index in [0.717, 1.165) is 63.8 Å². The third-order valence-corrected chi connectivity index (χ3v) is 7.39. The van der Waals surface area contributed by atoms with Crippen LogP contribution in [0.3, 0.4) is 0 Å². The molecule has 1 aliphatic heterocycles. The summed E-state index contributed by atoms with van der Waals surface area (Å²) in [5.41, 5.74) is 8.39. The first-order valence-electron chi connectivity index (χ1n) is 13.3. The Labute approximate surface area is 229 Å². The van der Waals surface area contributed by atoms with Gasteiger partial charge in [0.15, 0.2) is 0 Å². The number of hydrogen-bond acceptors (Lipinski definition) is 2. The summed E-state index contributed by atoms with van der Waals surface area (Å²) in [4.78, 5) is 13.3. The minimum absolute atomic E-state index is 0.126. The summed E-state index contributed by atoms with van der Waals surface area (Å²) in [7, 11) is 0. The monoisotopic (exact) mass is 537 g/mol. The van der Waals surface area contributed by atoms with Crippen LogP contribution in [0.25, 0.3) is 17.2 Å². The van der Waals surface area contributed by atoms with Crippen LogP contribution in [0.5, 0.6) is 0 Å². The lowest BCUT2D eigenvalue weighted by Crippen LogP contribution is -2.40. The molecule has 1 fully saturated rings. The Morgan fingerprint density at radius 3 is 2.49 bits per heavy atom. The van der Waals surface area contributed by atoms with Gasteiger partial charge >= 0.3 is 5.97 Å². The van der Waals surface area contributed by atoms with Crippen molar-refractivity contribution < 1.29 is 17.0 Å². The molecule has 0 unspecified atom stereocenters. The molecule has 3 aromatic carbocycles. The van der Waals surface area contributed by atoms with E-state index < -0.39 is 19.1 Å². The van der Waals surface area contributed by atoms with E-state index in [2.05, 4.69) is 18.2 Å². The Balaban J connectivity index is 1.53. The number of aromatic carboxylic acids is 1. The number of rotatable bonds is 7. The number of fused-ring (bicyclic) bond motifs is 1. The molecule has 3 aromatic rings. The molecule has 0 saturated carbocycles. The normalized spacial score (nSPS) is 16.9. The number of halogens is 3. The molecule has 0 bridgehead atoms. The van der Waals surface area contributed by atoms with Crippen LogP contribution in [0.15, 0.2) is 66.2 Å². The standard InChI is InChI=1S/C31H28Cl2FNO2/c32-25-10-12-27(29(33)17-25)28-4-1-3-23-16-24(31(36)37)9-11-26(23)30(28)22-7-5-20(6-8-22)15-21-18-35(19-21)14-2-13-34/h5-12,15-17H,1-4,13-14,18-19H2,(H,36,37)/i14D2. The van der Waals surface area contributed by atoms with Crippen LogP contribution in [-0.2, 0) is 6.42 Å². The number of likely N-dealkylation sites (tertiary alicyclic amines) is 1. The number of carboxylic acids is 1. The lowest BCUT2D eigenvalue weighted by molar-refractivity contribution is 0.0696. The second kappa shape index (κ2) is 11.2. The highest BCUT2D eigenvalue weighted by molar-refractivity contribution is 6.36. The molecule has 0 spiro atoms. The first kappa shape index (κ1) is 23.2. The zero-order valence-corrected chi connectivity index (χ0v) is 21.7. The number of nitrogens with zero attached hydrogens (tertiary/aromatic N) is 1. The molecule has 1 N–H and O–H groups in total. The Morgan fingerprint density at radius 1 is 1.03 bits per heavy atom. The van der Waals surface area contributed by atoms with Gasteiger partial charge < -0.3 is 5.11 Å². The number of alkyl halides is 1. The topological polar surface area (TPSA) is 40.5 Å². The smallest absolute Gasteiger partial charge is 0.335 e. The van der Waals surface area contributed by atoms with E-state index in [1.807, 2.05) is 30.3 Å². The first-order chi connectivity index (χ1) is 18.7. The van der Waals surface area contributed by atoms with E-state index >= 15 is 0 Å². The first-order valence-corrected chi connectivity index (χ1v) is 13.1. The van der Waals surface area contributed by atoms with Crippen molar-refractivity contribution in [3.8, 4) is 0 Å². The molecule has 5 rings (SSSR count). The molecule has 0 aromatic heterocycles. The van der Waals surface area contributed by atoms with Crippen molar-refractivity contribution in [3.63, 3.8) is 0 Å². The summed E-state index contributed by atoms with van der Waals surface area (Å²) < 4.78 is 28.7. The van der Waals surface area contributed by atoms with E-state index in [1.165, 1.54) is 0 Å². The summed E-state index contributed by atoms with van der Waals surface area (Å²) in [6.07, 6.45) is 4.31. The fourth-order valence-corrected chi connectivity index (χ4v) is 5.61. The van der Waals surface area contributed by atoms with E-state index in [0.29, 0.717) is 23.1 Å². The van der Waals surface area contributed by atoms with Crippen LogP contribution in [0.4, 0.5) is 4.39 Å². The summed E-state index contributed by atoms with van der Waals surface area (Å²) in [6, 6.07) is 19.0. The van der Waals surface area contributed by atoms with Crippen LogP contribution >= 0.6 is 23.2 Å². The summed E-state index contributed by atoms with van der Waals surface area (Å²) in [6.45, 7) is -1.34. The third kappa shape index (κ3) is 5.67. The zero-order chi connectivity index (χ0) is 27.7. The lowest BCUT2D eigenvalue weighted by atomic mass is 9.87. The van der Waals surface area contributed by atoms with Crippen LogP contribution in [0.2, 0.25) is 10.0 Å². The van der Waals surface area contributed by atoms with E-state index in [4.69, 9.17) is 25.9 Å². The van der Waals surface area contributed by atoms with Crippen molar-refractivity contribution >= 4 is 46.4 Å². The van der Waals surface area contributed by atoms with E-state index in [1.54, 1.807) is 23.1 Å². The molecule has 190 valence electrons. The van der Waals surface area contributed by atoms with Gasteiger partial charge in [-0.2, -0.15) is 0 Å². The van der Waals surface area contributed by atoms with Gasteiger partial charge in [-0.15, -0.1) is 0 Å². The van der Waals surface area contributed by atoms with Gasteiger partial charge in [0.05, 0.1) is 12.2 Å². The third-order valence-electron chi connectivity index (χ3n) is 6.84. The molecule has 0 radical (unpaired) electrons. The average molecular weight is 538 g/mol. The fourth-order valence-electron chi connectivity index (χ4n) is 5.08. The van der Waals surface area contributed by atoms with Crippen LogP contribution < -0.4 is 0 Å². The number of benzene rings is 3. The Hall–Kier alpha value is -2.92. The second-order valence-corrected chi connectivity index (χ2v) is 10.2. The van der Waals surface area contributed by atoms with Crippen LogP contribution in [-0.4, -0.2) is 42.2 Å². The van der Waals surface area contributed by atoms with Crippen LogP contribution in [0.1, 0.15) is 60.2 Å². The molecule has 3 nitrogen and oxygen atoms in total. The molecular formula is C31H28Cl2FNO2. The Bertz CT molecular complexity index is 1480. The molecular weight excluding hydrogens is 508 g/mol. The zero-order valence-electron chi connectivity index (χ0n) is 22.2. The van der Waals surface area contributed by atoms with Crippen molar-refractivity contribution in [2.24, 2.45) is 0 Å².